The number of rotatable bonds is 2. The van der Waals surface area contributed by atoms with E-state index in [0.29, 0.717) is 0 Å². The number of aryl methyl sites for hydroxylation is 2. The average Bonchev–Trinajstić information content (AvgIpc) is 2.33. The summed E-state index contributed by atoms with van der Waals surface area (Å²) in [7, 11) is 0. The number of hydrogen-bond acceptors (Lipinski definition) is 0. The van der Waals surface area contributed by atoms with Crippen LogP contribution in [0.4, 0.5) is 0 Å². The first-order valence-corrected chi connectivity index (χ1v) is 5.97. The molecule has 0 radical (unpaired) electrons. The van der Waals surface area contributed by atoms with Crippen LogP contribution in [0.25, 0.3) is 11.6 Å². The molecule has 0 saturated carbocycles. The molecule has 0 heteroatoms. The summed E-state index contributed by atoms with van der Waals surface area (Å²) >= 11 is 0. The van der Waals surface area contributed by atoms with E-state index in [0.717, 1.165) is 0 Å². The molecule has 0 saturated heterocycles. The van der Waals surface area contributed by atoms with Crippen molar-refractivity contribution in [2.24, 2.45) is 0 Å². The SMILES string of the molecule is CC(=Cc1ccc(C)cc1)c1ccc(C)cc1. The Hall–Kier alpha value is -1.82. The highest BCUT2D eigenvalue weighted by Gasteiger charge is 1.95. The van der Waals surface area contributed by atoms with Crippen LogP contribution in [0.3, 0.4) is 0 Å². The second-order valence-electron chi connectivity index (χ2n) is 4.60. The zero-order chi connectivity index (χ0) is 12.3. The molecule has 17 heavy (non-hydrogen) atoms. The van der Waals surface area contributed by atoms with Crippen LogP contribution in [-0.2, 0) is 0 Å². The van der Waals surface area contributed by atoms with Crippen molar-refractivity contribution in [3.05, 3.63) is 70.8 Å². The predicted molar refractivity (Wildman–Crippen MR) is 75.9 cm³/mol. The van der Waals surface area contributed by atoms with Gasteiger partial charge in [-0.25, -0.2) is 0 Å². The van der Waals surface area contributed by atoms with E-state index in [1.807, 2.05) is 0 Å². The van der Waals surface area contributed by atoms with E-state index in [1.165, 1.54) is 27.8 Å². The van der Waals surface area contributed by atoms with E-state index in [4.69, 9.17) is 0 Å². The van der Waals surface area contributed by atoms with Gasteiger partial charge >= 0.3 is 0 Å². The predicted octanol–water partition coefficient (Wildman–Crippen LogP) is 4.86. The van der Waals surface area contributed by atoms with Gasteiger partial charge in [0.2, 0.25) is 0 Å². The Morgan fingerprint density at radius 3 is 1.76 bits per heavy atom. The maximum atomic E-state index is 2.23. The molecule has 2 rings (SSSR count). The van der Waals surface area contributed by atoms with Gasteiger partial charge in [0, 0.05) is 0 Å². The summed E-state index contributed by atoms with van der Waals surface area (Å²) in [5, 5.41) is 0. The summed E-state index contributed by atoms with van der Waals surface area (Å²) in [6.45, 7) is 6.38. The summed E-state index contributed by atoms with van der Waals surface area (Å²) in [5.41, 5.74) is 6.45. The lowest BCUT2D eigenvalue weighted by atomic mass is 10.0. The molecule has 86 valence electrons. The second-order valence-corrected chi connectivity index (χ2v) is 4.60. The van der Waals surface area contributed by atoms with Crippen LogP contribution in [0.2, 0.25) is 0 Å². The number of hydrogen-bond donors (Lipinski definition) is 0. The molecular formula is C17H18. The highest BCUT2D eigenvalue weighted by atomic mass is 14.0. The smallest absolute Gasteiger partial charge is 0.0227 e. The molecule has 0 nitrogen and oxygen atoms in total. The highest BCUT2D eigenvalue weighted by molar-refractivity contribution is 5.80. The van der Waals surface area contributed by atoms with Crippen LogP contribution >= 0.6 is 0 Å². The van der Waals surface area contributed by atoms with Crippen molar-refractivity contribution in [1.82, 2.24) is 0 Å². The summed E-state index contributed by atoms with van der Waals surface area (Å²) < 4.78 is 0. The van der Waals surface area contributed by atoms with Gasteiger partial charge in [0.1, 0.15) is 0 Å². The van der Waals surface area contributed by atoms with E-state index in [9.17, 15) is 0 Å². The first-order chi connectivity index (χ1) is 8.15. The fourth-order valence-corrected chi connectivity index (χ4v) is 1.81. The molecule has 0 heterocycles. The average molecular weight is 222 g/mol. The molecule has 2 aromatic carbocycles. The maximum Gasteiger partial charge on any atom is -0.0227 e. The van der Waals surface area contributed by atoms with E-state index < -0.39 is 0 Å². The van der Waals surface area contributed by atoms with Crippen molar-refractivity contribution >= 4 is 11.6 Å². The standard InChI is InChI=1S/C17H18/c1-13-4-8-16(9-5-13)12-15(3)17-10-6-14(2)7-11-17/h4-12H,1-3H3. The quantitative estimate of drug-likeness (QED) is 0.636. The summed E-state index contributed by atoms with van der Waals surface area (Å²) in [4.78, 5) is 0. The molecule has 0 amide bonds. The van der Waals surface area contributed by atoms with E-state index >= 15 is 0 Å². The fourth-order valence-electron chi connectivity index (χ4n) is 1.81. The van der Waals surface area contributed by atoms with E-state index in [-0.39, 0.29) is 0 Å². The van der Waals surface area contributed by atoms with Crippen molar-refractivity contribution in [1.29, 1.82) is 0 Å². The van der Waals surface area contributed by atoms with Crippen LogP contribution in [-0.4, -0.2) is 0 Å². The van der Waals surface area contributed by atoms with Crippen molar-refractivity contribution in [3.8, 4) is 0 Å². The lowest BCUT2D eigenvalue weighted by Gasteiger charge is -2.03. The van der Waals surface area contributed by atoms with E-state index in [2.05, 4.69) is 75.4 Å². The zero-order valence-electron chi connectivity index (χ0n) is 10.7. The first-order valence-electron chi connectivity index (χ1n) is 5.97. The van der Waals surface area contributed by atoms with Crippen LogP contribution in [0, 0.1) is 13.8 Å². The lowest BCUT2D eigenvalue weighted by Crippen LogP contribution is -1.81. The Morgan fingerprint density at radius 1 is 0.765 bits per heavy atom. The van der Waals surface area contributed by atoms with Gasteiger partial charge in [-0.15, -0.1) is 0 Å². The van der Waals surface area contributed by atoms with Gasteiger partial charge in [-0.3, -0.25) is 0 Å². The van der Waals surface area contributed by atoms with Crippen LogP contribution in [0.5, 0.6) is 0 Å². The summed E-state index contributed by atoms with van der Waals surface area (Å²) in [5.74, 6) is 0. The Labute approximate surface area is 104 Å². The van der Waals surface area contributed by atoms with Gasteiger partial charge in [0.25, 0.3) is 0 Å². The molecule has 0 unspecified atom stereocenters. The minimum Gasteiger partial charge on any atom is -0.0587 e. The molecule has 0 atom stereocenters. The van der Waals surface area contributed by atoms with Gasteiger partial charge in [-0.1, -0.05) is 65.7 Å². The van der Waals surface area contributed by atoms with Crippen LogP contribution < -0.4 is 0 Å². The molecule has 0 spiro atoms. The zero-order valence-corrected chi connectivity index (χ0v) is 10.7. The molecule has 2 aromatic rings. The third-order valence-corrected chi connectivity index (χ3v) is 2.97. The molecule has 0 bridgehead atoms. The Morgan fingerprint density at radius 2 is 1.24 bits per heavy atom. The summed E-state index contributed by atoms with van der Waals surface area (Å²) in [6, 6.07) is 17.3. The Bertz CT molecular complexity index is 513. The number of benzene rings is 2. The fraction of sp³-hybridized carbons (Fsp3) is 0.176. The monoisotopic (exact) mass is 222 g/mol. The maximum absolute atomic E-state index is 2.23. The third kappa shape index (κ3) is 3.07. The van der Waals surface area contributed by atoms with Crippen molar-refractivity contribution in [2.45, 2.75) is 20.8 Å². The molecule has 0 aliphatic heterocycles. The Kier molecular flexibility index (Phi) is 3.43. The normalized spacial score (nSPS) is 11.6. The molecule has 0 aromatic heterocycles. The van der Waals surface area contributed by atoms with Crippen molar-refractivity contribution in [2.75, 3.05) is 0 Å². The highest BCUT2D eigenvalue weighted by Crippen LogP contribution is 2.18. The van der Waals surface area contributed by atoms with Crippen LogP contribution in [0.15, 0.2) is 48.5 Å². The third-order valence-electron chi connectivity index (χ3n) is 2.97. The van der Waals surface area contributed by atoms with Gasteiger partial charge in [-0.2, -0.15) is 0 Å². The minimum atomic E-state index is 1.26. The second kappa shape index (κ2) is 5.01. The molecule has 0 fully saturated rings. The van der Waals surface area contributed by atoms with Crippen molar-refractivity contribution in [3.63, 3.8) is 0 Å². The van der Waals surface area contributed by atoms with Gasteiger partial charge < -0.3 is 0 Å². The Balaban J connectivity index is 2.27. The number of allylic oxidation sites excluding steroid dienone is 1. The first kappa shape index (κ1) is 11.7. The molecule has 0 aliphatic rings. The molecule has 0 aliphatic carbocycles. The summed E-state index contributed by atoms with van der Waals surface area (Å²) in [6.07, 6.45) is 2.23. The van der Waals surface area contributed by atoms with E-state index in [1.54, 1.807) is 0 Å². The molecule has 0 N–H and O–H groups in total. The lowest BCUT2D eigenvalue weighted by molar-refractivity contribution is 1.44. The van der Waals surface area contributed by atoms with Gasteiger partial charge in [0.15, 0.2) is 0 Å². The minimum absolute atomic E-state index is 1.26. The van der Waals surface area contributed by atoms with Crippen LogP contribution in [0.1, 0.15) is 29.2 Å². The van der Waals surface area contributed by atoms with Gasteiger partial charge in [-0.05, 0) is 37.5 Å². The van der Waals surface area contributed by atoms with Gasteiger partial charge in [0.05, 0.1) is 0 Å². The van der Waals surface area contributed by atoms with Crippen molar-refractivity contribution < 1.29 is 0 Å². The molecular weight excluding hydrogens is 204 g/mol. The topological polar surface area (TPSA) is 0 Å². The largest absolute Gasteiger partial charge is 0.0587 e.